The van der Waals surface area contributed by atoms with Crippen molar-refractivity contribution in [1.29, 1.82) is 0 Å². The molecule has 0 unspecified atom stereocenters. The number of esters is 1. The molecule has 2 aromatic carbocycles. The van der Waals surface area contributed by atoms with Crippen molar-refractivity contribution in [2.75, 3.05) is 20.8 Å². The number of hydrogen-bond acceptors (Lipinski definition) is 5. The maximum atomic E-state index is 12.2. The second-order valence-electron chi connectivity index (χ2n) is 6.97. The Labute approximate surface area is 176 Å². The lowest BCUT2D eigenvalue weighted by Crippen LogP contribution is -2.24. The molecule has 0 spiro atoms. The summed E-state index contributed by atoms with van der Waals surface area (Å²) in [6.45, 7) is 0.772. The SMILES string of the molecule is COC(=O)Cn1c(CCCCCNC(=O)c2ccc(OC)cc2)nc2ccccc21. The highest BCUT2D eigenvalue weighted by Gasteiger charge is 2.13. The van der Waals surface area contributed by atoms with Crippen molar-refractivity contribution >= 4 is 22.9 Å². The van der Waals surface area contributed by atoms with Crippen LogP contribution in [0.1, 0.15) is 35.4 Å². The van der Waals surface area contributed by atoms with Crippen LogP contribution in [-0.2, 0) is 22.5 Å². The molecule has 0 radical (unpaired) electrons. The quantitative estimate of drug-likeness (QED) is 0.410. The first-order chi connectivity index (χ1) is 14.6. The molecule has 1 amide bonds. The van der Waals surface area contributed by atoms with E-state index in [4.69, 9.17) is 9.47 Å². The summed E-state index contributed by atoms with van der Waals surface area (Å²) in [6.07, 6.45) is 3.50. The minimum Gasteiger partial charge on any atom is -0.497 e. The standard InChI is InChI=1S/C23H27N3O4/c1-29-18-13-11-17(12-14-18)23(28)24-15-7-3-4-10-21-25-19-8-5-6-9-20(19)26(21)16-22(27)30-2/h5-6,8-9,11-14H,3-4,7,10,15-16H2,1-2H3,(H,24,28). The normalized spacial score (nSPS) is 10.7. The molecule has 0 bridgehead atoms. The molecule has 0 fully saturated rings. The summed E-state index contributed by atoms with van der Waals surface area (Å²) in [5, 5.41) is 2.94. The molecule has 30 heavy (non-hydrogen) atoms. The zero-order valence-corrected chi connectivity index (χ0v) is 17.4. The number of benzene rings is 2. The summed E-state index contributed by atoms with van der Waals surface area (Å²) < 4.78 is 11.8. The molecule has 3 rings (SSSR count). The van der Waals surface area contributed by atoms with Crippen LogP contribution in [0.5, 0.6) is 5.75 Å². The number of carbonyl (C=O) groups excluding carboxylic acids is 2. The van der Waals surface area contributed by atoms with Gasteiger partial charge in [-0.25, -0.2) is 4.98 Å². The maximum absolute atomic E-state index is 12.2. The highest BCUT2D eigenvalue weighted by molar-refractivity contribution is 5.94. The second-order valence-corrected chi connectivity index (χ2v) is 6.97. The van der Waals surface area contributed by atoms with E-state index in [2.05, 4.69) is 10.3 Å². The number of nitrogens with zero attached hydrogens (tertiary/aromatic N) is 2. The summed E-state index contributed by atoms with van der Waals surface area (Å²) in [6, 6.07) is 14.8. The van der Waals surface area contributed by atoms with Crippen LogP contribution in [0.3, 0.4) is 0 Å². The molecule has 0 aliphatic heterocycles. The number of methoxy groups -OCH3 is 2. The smallest absolute Gasteiger partial charge is 0.325 e. The number of ether oxygens (including phenoxy) is 2. The molecule has 7 heteroatoms. The van der Waals surface area contributed by atoms with E-state index in [0.29, 0.717) is 12.1 Å². The molecule has 0 saturated heterocycles. The highest BCUT2D eigenvalue weighted by atomic mass is 16.5. The van der Waals surface area contributed by atoms with Crippen molar-refractivity contribution in [2.45, 2.75) is 32.2 Å². The van der Waals surface area contributed by atoms with E-state index in [-0.39, 0.29) is 18.4 Å². The number of rotatable bonds is 10. The van der Waals surface area contributed by atoms with Gasteiger partial charge in [-0.15, -0.1) is 0 Å². The summed E-state index contributed by atoms with van der Waals surface area (Å²) >= 11 is 0. The summed E-state index contributed by atoms with van der Waals surface area (Å²) in [7, 11) is 2.99. The molecule has 158 valence electrons. The number of nitrogens with one attached hydrogen (secondary N) is 1. The predicted octanol–water partition coefficient (Wildman–Crippen LogP) is 3.36. The van der Waals surface area contributed by atoms with E-state index in [1.165, 1.54) is 7.11 Å². The minimum absolute atomic E-state index is 0.0856. The Balaban J connectivity index is 1.47. The first kappa shape index (κ1) is 21.4. The highest BCUT2D eigenvalue weighted by Crippen LogP contribution is 2.18. The number of amides is 1. The Hall–Kier alpha value is -3.35. The Bertz CT molecular complexity index is 995. The number of imidazole rings is 1. The molecule has 0 aliphatic rings. The molecule has 1 N–H and O–H groups in total. The molecular formula is C23H27N3O4. The van der Waals surface area contributed by atoms with E-state index in [9.17, 15) is 9.59 Å². The average Bonchev–Trinajstić information content (AvgIpc) is 3.13. The number of carbonyl (C=O) groups is 2. The van der Waals surface area contributed by atoms with Crippen molar-refractivity contribution < 1.29 is 19.1 Å². The fourth-order valence-corrected chi connectivity index (χ4v) is 3.32. The van der Waals surface area contributed by atoms with Gasteiger partial charge in [0.15, 0.2) is 0 Å². The van der Waals surface area contributed by atoms with Gasteiger partial charge in [-0.2, -0.15) is 0 Å². The molecule has 1 aromatic heterocycles. The summed E-state index contributed by atoms with van der Waals surface area (Å²) in [5.41, 5.74) is 2.43. The van der Waals surface area contributed by atoms with Gasteiger partial charge in [0.05, 0.1) is 25.3 Å². The molecule has 0 saturated carbocycles. The number of aromatic nitrogens is 2. The molecule has 0 aliphatic carbocycles. The maximum Gasteiger partial charge on any atom is 0.325 e. The van der Waals surface area contributed by atoms with E-state index < -0.39 is 0 Å². The van der Waals surface area contributed by atoms with Gasteiger partial charge in [-0.3, -0.25) is 9.59 Å². The fourth-order valence-electron chi connectivity index (χ4n) is 3.32. The van der Waals surface area contributed by atoms with Crippen LogP contribution in [0.15, 0.2) is 48.5 Å². The van der Waals surface area contributed by atoms with Crippen molar-refractivity contribution in [3.63, 3.8) is 0 Å². The van der Waals surface area contributed by atoms with Crippen LogP contribution in [0.2, 0.25) is 0 Å². The lowest BCUT2D eigenvalue weighted by Gasteiger charge is -2.08. The summed E-state index contributed by atoms with van der Waals surface area (Å²) in [5.74, 6) is 1.23. The summed E-state index contributed by atoms with van der Waals surface area (Å²) in [4.78, 5) is 28.6. The van der Waals surface area contributed by atoms with Crippen LogP contribution >= 0.6 is 0 Å². The first-order valence-electron chi connectivity index (χ1n) is 10.1. The minimum atomic E-state index is -0.291. The fraction of sp³-hybridized carbons (Fsp3) is 0.348. The largest absolute Gasteiger partial charge is 0.497 e. The van der Waals surface area contributed by atoms with Gasteiger partial charge in [-0.05, 0) is 49.2 Å². The first-order valence-corrected chi connectivity index (χ1v) is 10.1. The Morgan fingerprint density at radius 2 is 1.77 bits per heavy atom. The van der Waals surface area contributed by atoms with E-state index in [0.717, 1.165) is 48.3 Å². The second kappa shape index (κ2) is 10.4. The zero-order chi connectivity index (χ0) is 21.3. The molecule has 7 nitrogen and oxygen atoms in total. The van der Waals surface area contributed by atoms with Gasteiger partial charge in [-0.1, -0.05) is 18.6 Å². The lowest BCUT2D eigenvalue weighted by molar-refractivity contribution is -0.141. The van der Waals surface area contributed by atoms with Gasteiger partial charge < -0.3 is 19.4 Å². The van der Waals surface area contributed by atoms with Crippen molar-refractivity contribution in [3.05, 3.63) is 59.9 Å². The molecule has 3 aromatic rings. The number of unbranched alkanes of at least 4 members (excludes halogenated alkanes) is 2. The van der Waals surface area contributed by atoms with Crippen LogP contribution in [0, 0.1) is 0 Å². The van der Waals surface area contributed by atoms with E-state index in [1.807, 2.05) is 28.8 Å². The Morgan fingerprint density at radius 1 is 1.00 bits per heavy atom. The molecule has 0 atom stereocenters. The third-order valence-corrected chi connectivity index (χ3v) is 4.96. The van der Waals surface area contributed by atoms with Gasteiger partial charge in [0.1, 0.15) is 18.1 Å². The van der Waals surface area contributed by atoms with Gasteiger partial charge in [0, 0.05) is 18.5 Å². The monoisotopic (exact) mass is 409 g/mol. The number of fused-ring (bicyclic) bond motifs is 1. The third kappa shape index (κ3) is 5.37. The predicted molar refractivity (Wildman–Crippen MR) is 115 cm³/mol. The van der Waals surface area contributed by atoms with Gasteiger partial charge >= 0.3 is 5.97 Å². The van der Waals surface area contributed by atoms with Crippen molar-refractivity contribution in [2.24, 2.45) is 0 Å². The topological polar surface area (TPSA) is 82.5 Å². The van der Waals surface area contributed by atoms with E-state index >= 15 is 0 Å². The van der Waals surface area contributed by atoms with Crippen molar-refractivity contribution in [3.8, 4) is 5.75 Å². The number of hydrogen-bond donors (Lipinski definition) is 1. The molecular weight excluding hydrogens is 382 g/mol. The molecule has 1 heterocycles. The Kier molecular flexibility index (Phi) is 7.43. The lowest BCUT2D eigenvalue weighted by atomic mass is 10.1. The van der Waals surface area contributed by atoms with Crippen LogP contribution < -0.4 is 10.1 Å². The van der Waals surface area contributed by atoms with Crippen molar-refractivity contribution in [1.82, 2.24) is 14.9 Å². The zero-order valence-electron chi connectivity index (χ0n) is 17.4. The van der Waals surface area contributed by atoms with Gasteiger partial charge in [0.2, 0.25) is 0 Å². The van der Waals surface area contributed by atoms with Crippen LogP contribution in [-0.4, -0.2) is 42.2 Å². The van der Waals surface area contributed by atoms with Gasteiger partial charge in [0.25, 0.3) is 5.91 Å². The van der Waals surface area contributed by atoms with Crippen LogP contribution in [0.25, 0.3) is 11.0 Å². The van der Waals surface area contributed by atoms with Crippen LogP contribution in [0.4, 0.5) is 0 Å². The van der Waals surface area contributed by atoms with E-state index in [1.54, 1.807) is 31.4 Å². The number of para-hydroxylation sites is 2. The Morgan fingerprint density at radius 3 is 2.50 bits per heavy atom. The average molecular weight is 409 g/mol. The third-order valence-electron chi connectivity index (χ3n) is 4.96. The number of aryl methyl sites for hydroxylation is 1.